The highest BCUT2D eigenvalue weighted by Gasteiger charge is 2.24. The van der Waals surface area contributed by atoms with Gasteiger partial charge in [-0.2, -0.15) is 0 Å². The van der Waals surface area contributed by atoms with Crippen LogP contribution >= 0.6 is 0 Å². The molecule has 0 radical (unpaired) electrons. The fourth-order valence-electron chi connectivity index (χ4n) is 3.08. The Balaban J connectivity index is 1.75. The fourth-order valence-corrected chi connectivity index (χ4v) is 3.08. The summed E-state index contributed by atoms with van der Waals surface area (Å²) in [5.74, 6) is -0.316. The van der Waals surface area contributed by atoms with E-state index < -0.39 is 0 Å². The Bertz CT molecular complexity index is 423. The Kier molecular flexibility index (Phi) is 6.08. The van der Waals surface area contributed by atoms with E-state index in [0.29, 0.717) is 6.04 Å². The molecule has 4 nitrogen and oxygen atoms in total. The van der Waals surface area contributed by atoms with Crippen molar-refractivity contribution >= 4 is 0 Å². The maximum atomic E-state index is 12.8. The second-order valence-corrected chi connectivity index (χ2v) is 5.98. The lowest BCUT2D eigenvalue weighted by Gasteiger charge is -2.28. The molecule has 0 amide bonds. The minimum atomic E-state index is -0.316. The number of likely N-dealkylation sites (tertiary alicyclic amines) is 1. The van der Waals surface area contributed by atoms with Crippen LogP contribution in [-0.4, -0.2) is 54.1 Å². The zero-order chi connectivity index (χ0) is 15.2. The van der Waals surface area contributed by atoms with Crippen molar-refractivity contribution in [3.63, 3.8) is 0 Å². The molecule has 21 heavy (non-hydrogen) atoms. The van der Waals surface area contributed by atoms with Crippen LogP contribution in [0.2, 0.25) is 0 Å². The van der Waals surface area contributed by atoms with Gasteiger partial charge in [0.1, 0.15) is 5.82 Å². The van der Waals surface area contributed by atoms with E-state index in [9.17, 15) is 4.39 Å². The highest BCUT2D eigenvalue weighted by atomic mass is 19.1. The van der Waals surface area contributed by atoms with Crippen LogP contribution in [0.25, 0.3) is 0 Å². The number of rotatable bonds is 7. The molecule has 2 atom stereocenters. The summed E-state index contributed by atoms with van der Waals surface area (Å²) < 4.78 is 12.8. The van der Waals surface area contributed by atoms with E-state index in [2.05, 4.69) is 28.8 Å². The molecular formula is C16H27FN4. The Morgan fingerprint density at radius 1 is 1.52 bits per heavy atom. The van der Waals surface area contributed by atoms with Gasteiger partial charge >= 0.3 is 0 Å². The van der Waals surface area contributed by atoms with Crippen molar-refractivity contribution in [2.24, 2.45) is 5.73 Å². The molecular weight excluding hydrogens is 267 g/mol. The van der Waals surface area contributed by atoms with Gasteiger partial charge in [-0.15, -0.1) is 0 Å². The van der Waals surface area contributed by atoms with E-state index in [1.54, 1.807) is 6.07 Å². The van der Waals surface area contributed by atoms with Crippen molar-refractivity contribution in [3.8, 4) is 0 Å². The third kappa shape index (κ3) is 4.73. The van der Waals surface area contributed by atoms with Crippen LogP contribution in [0.15, 0.2) is 18.3 Å². The lowest BCUT2D eigenvalue weighted by Crippen LogP contribution is -2.39. The minimum absolute atomic E-state index is 0.126. The van der Waals surface area contributed by atoms with Crippen molar-refractivity contribution in [2.75, 3.05) is 33.2 Å². The molecule has 0 bridgehead atoms. The molecule has 1 aromatic heterocycles. The lowest BCUT2D eigenvalue weighted by molar-refractivity contribution is 0.195. The van der Waals surface area contributed by atoms with Gasteiger partial charge in [-0.3, -0.25) is 9.88 Å². The summed E-state index contributed by atoms with van der Waals surface area (Å²) in [5.41, 5.74) is 6.90. The normalized spacial score (nSPS) is 21.1. The molecule has 0 aliphatic carbocycles. The van der Waals surface area contributed by atoms with E-state index >= 15 is 0 Å². The van der Waals surface area contributed by atoms with E-state index in [-0.39, 0.29) is 11.9 Å². The first kappa shape index (κ1) is 16.3. The van der Waals surface area contributed by atoms with E-state index in [0.717, 1.165) is 31.7 Å². The number of halogens is 1. The number of likely N-dealkylation sites (N-methyl/N-ethyl adjacent to an activating group) is 2. The quantitative estimate of drug-likeness (QED) is 0.836. The van der Waals surface area contributed by atoms with Crippen LogP contribution in [0.1, 0.15) is 37.9 Å². The number of hydrogen-bond donors (Lipinski definition) is 1. The number of nitrogens with zero attached hydrogens (tertiary/aromatic N) is 3. The van der Waals surface area contributed by atoms with Crippen LogP contribution in [0.3, 0.4) is 0 Å². The number of nitrogens with two attached hydrogens (primary N) is 1. The van der Waals surface area contributed by atoms with Gasteiger partial charge < -0.3 is 10.6 Å². The summed E-state index contributed by atoms with van der Waals surface area (Å²) in [5, 5.41) is 0. The molecule has 2 unspecified atom stereocenters. The molecule has 1 saturated heterocycles. The van der Waals surface area contributed by atoms with E-state index in [4.69, 9.17) is 5.73 Å². The molecule has 0 saturated carbocycles. The molecule has 2 rings (SSSR count). The van der Waals surface area contributed by atoms with Crippen LogP contribution < -0.4 is 5.73 Å². The van der Waals surface area contributed by atoms with Crippen molar-refractivity contribution in [2.45, 2.75) is 38.3 Å². The summed E-state index contributed by atoms with van der Waals surface area (Å²) in [6.45, 7) is 6.63. The molecule has 0 spiro atoms. The molecule has 0 aromatic carbocycles. The summed E-state index contributed by atoms with van der Waals surface area (Å²) in [7, 11) is 2.15. The predicted octanol–water partition coefficient (Wildman–Crippen LogP) is 2.03. The lowest BCUT2D eigenvalue weighted by atomic mass is 10.1. The Morgan fingerprint density at radius 2 is 2.33 bits per heavy atom. The third-order valence-corrected chi connectivity index (χ3v) is 4.38. The molecule has 1 aromatic rings. The average molecular weight is 294 g/mol. The van der Waals surface area contributed by atoms with Gasteiger partial charge in [-0.1, -0.05) is 6.92 Å². The third-order valence-electron chi connectivity index (χ3n) is 4.38. The number of aromatic nitrogens is 1. The highest BCUT2D eigenvalue weighted by molar-refractivity contribution is 5.09. The van der Waals surface area contributed by atoms with Gasteiger partial charge in [0.25, 0.3) is 0 Å². The van der Waals surface area contributed by atoms with Gasteiger partial charge in [0, 0.05) is 18.6 Å². The molecule has 2 N–H and O–H groups in total. The second-order valence-electron chi connectivity index (χ2n) is 5.98. The highest BCUT2D eigenvalue weighted by Crippen LogP contribution is 2.18. The second kappa shape index (κ2) is 7.82. The molecule has 1 aliphatic rings. The largest absolute Gasteiger partial charge is 0.323 e. The van der Waals surface area contributed by atoms with Crippen LogP contribution in [0, 0.1) is 5.82 Å². The summed E-state index contributed by atoms with van der Waals surface area (Å²) in [6.07, 6.45) is 4.68. The van der Waals surface area contributed by atoms with Crippen LogP contribution in [0.5, 0.6) is 0 Å². The first-order valence-electron chi connectivity index (χ1n) is 7.89. The Morgan fingerprint density at radius 3 is 3.00 bits per heavy atom. The van der Waals surface area contributed by atoms with Crippen LogP contribution in [-0.2, 0) is 0 Å². The zero-order valence-corrected chi connectivity index (χ0v) is 13.1. The monoisotopic (exact) mass is 294 g/mol. The zero-order valence-electron chi connectivity index (χ0n) is 13.1. The average Bonchev–Trinajstić information content (AvgIpc) is 2.92. The standard InChI is InChI=1S/C16H27FN4/c1-3-21-9-4-5-14(21)12-20(2)10-8-15(18)16-7-6-13(17)11-19-16/h6-7,11,14-15H,3-5,8-10,12,18H2,1-2H3. The van der Waals surface area contributed by atoms with Crippen molar-refractivity contribution in [1.29, 1.82) is 0 Å². The van der Waals surface area contributed by atoms with Crippen molar-refractivity contribution in [1.82, 2.24) is 14.8 Å². The fraction of sp³-hybridized carbons (Fsp3) is 0.688. The van der Waals surface area contributed by atoms with E-state index in [1.807, 2.05) is 0 Å². The SMILES string of the molecule is CCN1CCCC1CN(C)CCC(N)c1ccc(F)cn1. The van der Waals surface area contributed by atoms with Crippen LogP contribution in [0.4, 0.5) is 4.39 Å². The summed E-state index contributed by atoms with van der Waals surface area (Å²) in [6, 6.07) is 3.65. The van der Waals surface area contributed by atoms with Gasteiger partial charge in [-0.05, 0) is 58.1 Å². The first-order chi connectivity index (χ1) is 10.1. The van der Waals surface area contributed by atoms with Gasteiger partial charge in [0.15, 0.2) is 0 Å². The Hall–Kier alpha value is -1.04. The predicted molar refractivity (Wildman–Crippen MR) is 83.5 cm³/mol. The number of hydrogen-bond acceptors (Lipinski definition) is 4. The van der Waals surface area contributed by atoms with Crippen molar-refractivity contribution < 1.29 is 4.39 Å². The molecule has 1 aliphatic heterocycles. The first-order valence-corrected chi connectivity index (χ1v) is 7.89. The van der Waals surface area contributed by atoms with Gasteiger partial charge in [-0.25, -0.2) is 4.39 Å². The maximum absolute atomic E-state index is 12.8. The smallest absolute Gasteiger partial charge is 0.141 e. The van der Waals surface area contributed by atoms with Gasteiger partial charge in [0.2, 0.25) is 0 Å². The minimum Gasteiger partial charge on any atom is -0.323 e. The Labute approximate surface area is 127 Å². The maximum Gasteiger partial charge on any atom is 0.141 e. The van der Waals surface area contributed by atoms with Gasteiger partial charge in [0.05, 0.1) is 11.9 Å². The summed E-state index contributed by atoms with van der Waals surface area (Å²) >= 11 is 0. The van der Waals surface area contributed by atoms with Crippen molar-refractivity contribution in [3.05, 3.63) is 29.8 Å². The molecule has 2 heterocycles. The molecule has 5 heteroatoms. The topological polar surface area (TPSA) is 45.4 Å². The molecule has 1 fully saturated rings. The molecule has 118 valence electrons. The number of pyridine rings is 1. The van der Waals surface area contributed by atoms with E-state index in [1.165, 1.54) is 31.6 Å². The summed E-state index contributed by atoms with van der Waals surface area (Å²) in [4.78, 5) is 8.96.